The molecule has 1 aliphatic heterocycles. The van der Waals surface area contributed by atoms with Gasteiger partial charge in [-0.2, -0.15) is 0 Å². The molecule has 0 aliphatic carbocycles. The summed E-state index contributed by atoms with van der Waals surface area (Å²) in [5.74, 6) is 0.504. The number of para-hydroxylation sites is 1. The van der Waals surface area contributed by atoms with Crippen LogP contribution >= 0.6 is 0 Å². The van der Waals surface area contributed by atoms with Crippen molar-refractivity contribution in [3.8, 4) is 0 Å². The summed E-state index contributed by atoms with van der Waals surface area (Å²) in [4.78, 5) is 4.08. The van der Waals surface area contributed by atoms with Gasteiger partial charge in [0.25, 0.3) is 0 Å². The lowest BCUT2D eigenvalue weighted by Gasteiger charge is -2.23. The maximum Gasteiger partial charge on any atom is 0.189 e. The average molecular weight is 190 g/mol. The van der Waals surface area contributed by atoms with Crippen molar-refractivity contribution in [1.82, 2.24) is 5.32 Å². The first-order valence-corrected chi connectivity index (χ1v) is 4.68. The number of guanidine groups is 1. The minimum Gasteiger partial charge on any atom is -0.398 e. The Labute approximate surface area is 83.0 Å². The third-order valence-corrected chi connectivity index (χ3v) is 2.39. The Hall–Kier alpha value is -1.71. The fourth-order valence-corrected chi connectivity index (χ4v) is 1.67. The molecule has 0 saturated carbocycles. The Kier molecular flexibility index (Phi) is 2.26. The van der Waals surface area contributed by atoms with Crippen LogP contribution < -0.4 is 16.8 Å². The predicted molar refractivity (Wildman–Crippen MR) is 57.8 cm³/mol. The van der Waals surface area contributed by atoms with E-state index in [2.05, 4.69) is 10.3 Å². The quantitative estimate of drug-likeness (QED) is 0.568. The molecule has 1 aromatic carbocycles. The summed E-state index contributed by atoms with van der Waals surface area (Å²) in [5, 5.41) is 3.12. The van der Waals surface area contributed by atoms with Crippen LogP contribution in [0.4, 0.5) is 5.69 Å². The van der Waals surface area contributed by atoms with Crippen LogP contribution in [0.5, 0.6) is 0 Å². The fourth-order valence-electron chi connectivity index (χ4n) is 1.67. The molecule has 0 bridgehead atoms. The molecule has 0 amide bonds. The molecule has 0 fully saturated rings. The summed E-state index contributed by atoms with van der Waals surface area (Å²) < 4.78 is 0. The number of nitrogen functional groups attached to an aromatic ring is 1. The lowest BCUT2D eigenvalue weighted by Crippen LogP contribution is -2.38. The number of aliphatic imine (C=N–C) groups is 1. The van der Waals surface area contributed by atoms with Crippen LogP contribution in [0.25, 0.3) is 0 Å². The molecule has 0 spiro atoms. The third kappa shape index (κ3) is 1.64. The van der Waals surface area contributed by atoms with E-state index in [-0.39, 0.29) is 6.04 Å². The van der Waals surface area contributed by atoms with E-state index < -0.39 is 0 Å². The second-order valence-corrected chi connectivity index (χ2v) is 3.38. The molecule has 14 heavy (non-hydrogen) atoms. The molecule has 74 valence electrons. The Bertz CT molecular complexity index is 359. The lowest BCUT2D eigenvalue weighted by atomic mass is 10.0. The zero-order valence-electron chi connectivity index (χ0n) is 7.90. The van der Waals surface area contributed by atoms with Crippen molar-refractivity contribution in [3.05, 3.63) is 29.8 Å². The van der Waals surface area contributed by atoms with E-state index in [4.69, 9.17) is 11.5 Å². The van der Waals surface area contributed by atoms with Gasteiger partial charge in [0.2, 0.25) is 0 Å². The predicted octanol–water partition coefficient (Wildman–Crippen LogP) is 0.618. The van der Waals surface area contributed by atoms with Crippen molar-refractivity contribution in [2.45, 2.75) is 12.5 Å². The number of rotatable bonds is 1. The Morgan fingerprint density at radius 3 is 2.79 bits per heavy atom. The maximum atomic E-state index is 5.88. The van der Waals surface area contributed by atoms with Crippen molar-refractivity contribution in [2.24, 2.45) is 10.7 Å². The van der Waals surface area contributed by atoms with E-state index in [1.807, 2.05) is 24.3 Å². The van der Waals surface area contributed by atoms with Gasteiger partial charge in [-0.25, -0.2) is 0 Å². The van der Waals surface area contributed by atoms with E-state index in [1.54, 1.807) is 0 Å². The van der Waals surface area contributed by atoms with Gasteiger partial charge < -0.3 is 16.8 Å². The van der Waals surface area contributed by atoms with Crippen molar-refractivity contribution < 1.29 is 0 Å². The molecule has 4 nitrogen and oxygen atoms in total. The van der Waals surface area contributed by atoms with Crippen LogP contribution in [0.3, 0.4) is 0 Å². The highest BCUT2D eigenvalue weighted by Gasteiger charge is 2.17. The third-order valence-electron chi connectivity index (χ3n) is 2.39. The minimum atomic E-state index is 0.202. The summed E-state index contributed by atoms with van der Waals surface area (Å²) in [6.45, 7) is 0.762. The number of hydrogen-bond donors (Lipinski definition) is 3. The number of nitrogens with one attached hydrogen (secondary N) is 1. The van der Waals surface area contributed by atoms with Gasteiger partial charge in [-0.1, -0.05) is 18.2 Å². The molecular formula is C10H14N4. The van der Waals surface area contributed by atoms with E-state index in [0.29, 0.717) is 5.96 Å². The highest BCUT2D eigenvalue weighted by molar-refractivity contribution is 5.79. The molecule has 1 heterocycles. The molecule has 1 aliphatic rings. The number of anilines is 1. The van der Waals surface area contributed by atoms with Gasteiger partial charge >= 0.3 is 0 Å². The topological polar surface area (TPSA) is 76.4 Å². The monoisotopic (exact) mass is 190 g/mol. The van der Waals surface area contributed by atoms with Gasteiger partial charge in [-0.3, -0.25) is 4.99 Å². The number of hydrogen-bond acceptors (Lipinski definition) is 4. The summed E-state index contributed by atoms with van der Waals surface area (Å²) in [6, 6.07) is 8.03. The molecule has 0 aromatic heterocycles. The van der Waals surface area contributed by atoms with Crippen LogP contribution in [-0.2, 0) is 0 Å². The first-order valence-electron chi connectivity index (χ1n) is 4.68. The average Bonchev–Trinajstić information content (AvgIpc) is 2.18. The van der Waals surface area contributed by atoms with Gasteiger partial charge in [0.15, 0.2) is 5.96 Å². The molecule has 1 unspecified atom stereocenters. The smallest absolute Gasteiger partial charge is 0.189 e. The standard InChI is InChI=1S/C10H14N4/c11-8-4-2-1-3-7(8)9-5-6-13-10(12)14-9/h1-4,9H,5-6,11H2,(H3,12,13,14). The number of nitrogens with zero attached hydrogens (tertiary/aromatic N) is 1. The second kappa shape index (κ2) is 3.57. The van der Waals surface area contributed by atoms with Crippen LogP contribution in [-0.4, -0.2) is 12.5 Å². The number of benzene rings is 1. The van der Waals surface area contributed by atoms with Gasteiger partial charge in [0.05, 0.1) is 6.04 Å². The highest BCUT2D eigenvalue weighted by atomic mass is 15.1. The van der Waals surface area contributed by atoms with Gasteiger partial charge in [-0.05, 0) is 18.1 Å². The van der Waals surface area contributed by atoms with Gasteiger partial charge in [-0.15, -0.1) is 0 Å². The zero-order valence-corrected chi connectivity index (χ0v) is 7.90. The second-order valence-electron chi connectivity index (χ2n) is 3.38. The van der Waals surface area contributed by atoms with Gasteiger partial charge in [0.1, 0.15) is 0 Å². The van der Waals surface area contributed by atoms with Gasteiger partial charge in [0, 0.05) is 12.2 Å². The fraction of sp³-hybridized carbons (Fsp3) is 0.300. The first kappa shape index (κ1) is 8.87. The van der Waals surface area contributed by atoms with Crippen LogP contribution in [0.15, 0.2) is 29.3 Å². The SMILES string of the molecule is NC1=NCCC(c2ccccc2N)N1. The Morgan fingerprint density at radius 1 is 1.29 bits per heavy atom. The summed E-state index contributed by atoms with van der Waals surface area (Å²) >= 11 is 0. The minimum absolute atomic E-state index is 0.202. The van der Waals surface area contributed by atoms with Crippen molar-refractivity contribution in [2.75, 3.05) is 12.3 Å². The molecule has 4 heteroatoms. The molecular weight excluding hydrogens is 176 g/mol. The number of nitrogens with two attached hydrogens (primary N) is 2. The molecule has 0 radical (unpaired) electrons. The molecule has 2 rings (SSSR count). The highest BCUT2D eigenvalue weighted by Crippen LogP contribution is 2.23. The van der Waals surface area contributed by atoms with Crippen molar-refractivity contribution >= 4 is 11.6 Å². The molecule has 1 atom stereocenters. The molecule has 5 N–H and O–H groups in total. The first-order chi connectivity index (χ1) is 6.77. The maximum absolute atomic E-state index is 5.88. The van der Waals surface area contributed by atoms with Crippen molar-refractivity contribution in [1.29, 1.82) is 0 Å². The largest absolute Gasteiger partial charge is 0.398 e. The summed E-state index contributed by atoms with van der Waals surface area (Å²) in [6.07, 6.45) is 0.939. The Balaban J connectivity index is 2.24. The van der Waals surface area contributed by atoms with E-state index in [1.165, 1.54) is 0 Å². The van der Waals surface area contributed by atoms with Crippen molar-refractivity contribution in [3.63, 3.8) is 0 Å². The van der Waals surface area contributed by atoms with Crippen LogP contribution in [0.1, 0.15) is 18.0 Å². The zero-order chi connectivity index (χ0) is 9.97. The molecule has 1 aromatic rings. The van der Waals surface area contributed by atoms with Crippen LogP contribution in [0, 0.1) is 0 Å². The summed E-state index contributed by atoms with van der Waals surface area (Å²) in [7, 11) is 0. The normalized spacial score (nSPS) is 21.1. The Morgan fingerprint density at radius 2 is 2.07 bits per heavy atom. The molecule has 0 saturated heterocycles. The summed E-state index contributed by atoms with van der Waals surface area (Å²) in [5.41, 5.74) is 13.4. The van der Waals surface area contributed by atoms with E-state index >= 15 is 0 Å². The van der Waals surface area contributed by atoms with Crippen LogP contribution in [0.2, 0.25) is 0 Å². The van der Waals surface area contributed by atoms with E-state index in [9.17, 15) is 0 Å². The lowest BCUT2D eigenvalue weighted by molar-refractivity contribution is 0.570. The van der Waals surface area contributed by atoms with E-state index in [0.717, 1.165) is 24.2 Å².